The zero-order valence-electron chi connectivity index (χ0n) is 13.5. The molecule has 2 aliphatic carbocycles. The van der Waals surface area contributed by atoms with Crippen LogP contribution >= 0.6 is 0 Å². The maximum absolute atomic E-state index is 12.1. The normalized spacial score (nSPS) is 39.0. The number of esters is 1. The van der Waals surface area contributed by atoms with Gasteiger partial charge in [0.25, 0.3) is 0 Å². The van der Waals surface area contributed by atoms with Gasteiger partial charge in [-0.25, -0.2) is 4.79 Å². The zero-order valence-corrected chi connectivity index (χ0v) is 13.5. The average molecular weight is 309 g/mol. The highest BCUT2D eigenvalue weighted by Crippen LogP contribution is 2.53. The van der Waals surface area contributed by atoms with Crippen LogP contribution in [-0.2, 0) is 9.53 Å². The molecule has 0 amide bonds. The van der Waals surface area contributed by atoms with Crippen molar-refractivity contribution in [3.63, 3.8) is 0 Å². The molecule has 23 heavy (non-hydrogen) atoms. The van der Waals surface area contributed by atoms with Gasteiger partial charge in [0, 0.05) is 35.6 Å². The van der Waals surface area contributed by atoms with Crippen molar-refractivity contribution in [2.75, 3.05) is 6.54 Å². The van der Waals surface area contributed by atoms with E-state index in [-0.39, 0.29) is 5.97 Å². The predicted octanol–water partition coefficient (Wildman–Crippen LogP) is 2.97. The fraction of sp³-hybridized carbons (Fsp3) is 0.650. The van der Waals surface area contributed by atoms with Crippen molar-refractivity contribution in [1.82, 2.24) is 4.90 Å². The van der Waals surface area contributed by atoms with Crippen LogP contribution < -0.4 is 0 Å². The lowest BCUT2D eigenvalue weighted by atomic mass is 9.77. The van der Waals surface area contributed by atoms with E-state index in [9.17, 15) is 4.79 Å². The van der Waals surface area contributed by atoms with Crippen LogP contribution in [0.15, 0.2) is 23.3 Å². The van der Waals surface area contributed by atoms with Crippen LogP contribution in [0.4, 0.5) is 0 Å². The molecule has 3 heterocycles. The summed E-state index contributed by atoms with van der Waals surface area (Å²) in [6.45, 7) is 1.13. The predicted molar refractivity (Wildman–Crippen MR) is 87.5 cm³/mol. The van der Waals surface area contributed by atoms with E-state index >= 15 is 0 Å². The van der Waals surface area contributed by atoms with Crippen LogP contribution in [0.5, 0.6) is 0 Å². The second-order valence-corrected chi connectivity index (χ2v) is 7.72. The number of carbonyl (C=O) groups excluding carboxylic acids is 1. The molecular formula is C20H23NO2. The van der Waals surface area contributed by atoms with Gasteiger partial charge in [0.05, 0.1) is 6.04 Å². The minimum absolute atomic E-state index is 0.165. The minimum Gasteiger partial charge on any atom is -0.449 e. The number of piperidine rings is 1. The first-order valence-electron chi connectivity index (χ1n) is 9.21. The molecule has 3 aliphatic heterocycles. The van der Waals surface area contributed by atoms with Crippen LogP contribution in [0.25, 0.3) is 0 Å². The third-order valence-corrected chi connectivity index (χ3v) is 6.44. The Bertz CT molecular complexity index is 673. The topological polar surface area (TPSA) is 29.5 Å². The van der Waals surface area contributed by atoms with Crippen LogP contribution in [0, 0.1) is 17.8 Å². The SMILES string of the molecule is O=C1C=C2C(C#CC3CCCC3)=C[C@@H]3CC2(O1)[C@H]1CCCCN31. The van der Waals surface area contributed by atoms with E-state index in [1.54, 1.807) is 6.08 Å². The van der Waals surface area contributed by atoms with Crippen molar-refractivity contribution >= 4 is 5.97 Å². The molecule has 1 unspecified atom stereocenters. The van der Waals surface area contributed by atoms with E-state index in [1.165, 1.54) is 38.5 Å². The first-order chi connectivity index (χ1) is 11.3. The number of fused-ring (bicyclic) bond motifs is 3. The smallest absolute Gasteiger partial charge is 0.332 e. The second-order valence-electron chi connectivity index (χ2n) is 7.72. The molecule has 2 saturated heterocycles. The molecule has 2 bridgehead atoms. The first-order valence-corrected chi connectivity index (χ1v) is 9.21. The summed E-state index contributed by atoms with van der Waals surface area (Å²) >= 11 is 0. The van der Waals surface area contributed by atoms with Gasteiger partial charge in [-0.3, -0.25) is 4.90 Å². The summed E-state index contributed by atoms with van der Waals surface area (Å²) in [6.07, 6.45) is 13.7. The number of hydrogen-bond acceptors (Lipinski definition) is 3. The highest BCUT2D eigenvalue weighted by atomic mass is 16.6. The Balaban J connectivity index is 1.54. The summed E-state index contributed by atoms with van der Waals surface area (Å²) in [6, 6.07) is 0.761. The molecule has 1 spiro atoms. The van der Waals surface area contributed by atoms with Crippen molar-refractivity contribution in [2.24, 2.45) is 5.92 Å². The van der Waals surface area contributed by atoms with E-state index in [0.29, 0.717) is 18.0 Å². The molecule has 0 aromatic rings. The lowest BCUT2D eigenvalue weighted by Gasteiger charge is -2.38. The first kappa shape index (κ1) is 13.9. The summed E-state index contributed by atoms with van der Waals surface area (Å²) in [4.78, 5) is 14.6. The van der Waals surface area contributed by atoms with Crippen molar-refractivity contribution < 1.29 is 9.53 Å². The molecule has 0 aromatic carbocycles. The molecular weight excluding hydrogens is 286 g/mol. The maximum Gasteiger partial charge on any atom is 0.332 e. The fourth-order valence-corrected chi connectivity index (χ4v) is 5.42. The standard InChI is InChI=1S/C20H23NO2/c22-19-12-17-15(9-8-14-5-1-2-6-14)11-16-13-20(17,23-19)18-7-3-4-10-21(16)18/h11-12,14,16,18H,1-7,10,13H2/t16-,18-,20?/m1/s1. The molecule has 3 nitrogen and oxygen atoms in total. The highest BCUT2D eigenvalue weighted by Gasteiger charge is 2.61. The lowest BCUT2D eigenvalue weighted by Crippen LogP contribution is -2.48. The van der Waals surface area contributed by atoms with Crippen LogP contribution in [0.1, 0.15) is 51.4 Å². The summed E-state index contributed by atoms with van der Waals surface area (Å²) < 4.78 is 5.93. The van der Waals surface area contributed by atoms with E-state index in [2.05, 4.69) is 22.8 Å². The van der Waals surface area contributed by atoms with Gasteiger partial charge in [-0.1, -0.05) is 37.2 Å². The Morgan fingerprint density at radius 3 is 2.87 bits per heavy atom. The summed E-state index contributed by atoms with van der Waals surface area (Å²) in [5.74, 6) is 7.31. The second kappa shape index (κ2) is 4.98. The van der Waals surface area contributed by atoms with Gasteiger partial charge in [0.2, 0.25) is 0 Å². The van der Waals surface area contributed by atoms with Crippen LogP contribution in [0.3, 0.4) is 0 Å². The zero-order chi connectivity index (χ0) is 15.4. The Kier molecular flexibility index (Phi) is 3.00. The quantitative estimate of drug-likeness (QED) is 0.509. The minimum atomic E-state index is -0.392. The molecule has 0 radical (unpaired) electrons. The molecule has 0 N–H and O–H groups in total. The van der Waals surface area contributed by atoms with E-state index < -0.39 is 5.60 Å². The number of rotatable bonds is 0. The third kappa shape index (κ3) is 1.97. The van der Waals surface area contributed by atoms with Crippen LogP contribution in [0.2, 0.25) is 0 Å². The Morgan fingerprint density at radius 1 is 1.17 bits per heavy atom. The average Bonchev–Trinajstić information content (AvgIpc) is 3.24. The van der Waals surface area contributed by atoms with Crippen molar-refractivity contribution in [1.29, 1.82) is 0 Å². The fourth-order valence-electron chi connectivity index (χ4n) is 5.42. The van der Waals surface area contributed by atoms with Gasteiger partial charge >= 0.3 is 5.97 Å². The van der Waals surface area contributed by atoms with Crippen LogP contribution in [-0.4, -0.2) is 35.1 Å². The van der Waals surface area contributed by atoms with Gasteiger partial charge in [0.15, 0.2) is 5.60 Å². The van der Waals surface area contributed by atoms with E-state index in [0.717, 1.165) is 30.5 Å². The van der Waals surface area contributed by atoms with Gasteiger partial charge in [-0.05, 0) is 32.2 Å². The van der Waals surface area contributed by atoms with Crippen molar-refractivity contribution in [2.45, 2.75) is 69.1 Å². The van der Waals surface area contributed by atoms with Crippen molar-refractivity contribution in [3.05, 3.63) is 23.3 Å². The Labute approximate surface area is 137 Å². The van der Waals surface area contributed by atoms with Gasteiger partial charge in [-0.15, -0.1) is 0 Å². The van der Waals surface area contributed by atoms with Gasteiger partial charge < -0.3 is 4.74 Å². The molecule has 3 fully saturated rings. The molecule has 3 atom stereocenters. The number of carbonyl (C=O) groups is 1. The summed E-state index contributed by atoms with van der Waals surface area (Å²) in [5, 5.41) is 0. The number of ether oxygens (including phenoxy) is 1. The molecule has 5 rings (SSSR count). The Morgan fingerprint density at radius 2 is 2.00 bits per heavy atom. The summed E-state index contributed by atoms with van der Waals surface area (Å²) in [5.41, 5.74) is 1.77. The summed E-state index contributed by atoms with van der Waals surface area (Å²) in [7, 11) is 0. The van der Waals surface area contributed by atoms with Gasteiger partial charge in [-0.2, -0.15) is 0 Å². The van der Waals surface area contributed by atoms with E-state index in [1.807, 2.05) is 0 Å². The molecule has 5 aliphatic rings. The van der Waals surface area contributed by atoms with E-state index in [4.69, 9.17) is 4.74 Å². The van der Waals surface area contributed by atoms with Gasteiger partial charge in [0.1, 0.15) is 0 Å². The molecule has 0 aromatic heterocycles. The highest BCUT2D eigenvalue weighted by molar-refractivity contribution is 5.90. The molecule has 3 heteroatoms. The monoisotopic (exact) mass is 309 g/mol. The largest absolute Gasteiger partial charge is 0.449 e. The lowest BCUT2D eigenvalue weighted by molar-refractivity contribution is -0.148. The molecule has 120 valence electrons. The Hall–Kier alpha value is -1.53. The number of nitrogens with zero attached hydrogens (tertiary/aromatic N) is 1. The third-order valence-electron chi connectivity index (χ3n) is 6.44. The number of hydrogen-bond donors (Lipinski definition) is 0. The van der Waals surface area contributed by atoms with Crippen molar-refractivity contribution in [3.8, 4) is 11.8 Å². The molecule has 1 saturated carbocycles. The maximum atomic E-state index is 12.1.